The van der Waals surface area contributed by atoms with Crippen molar-refractivity contribution in [2.24, 2.45) is 0 Å². The van der Waals surface area contributed by atoms with Gasteiger partial charge < -0.3 is 0 Å². The van der Waals surface area contributed by atoms with Crippen LogP contribution in [0.25, 0.3) is 16.6 Å². The Morgan fingerprint density at radius 1 is 1.43 bits per heavy atom. The van der Waals surface area contributed by atoms with Crippen LogP contribution < -0.4 is 0 Å². The fraction of sp³-hybridized carbons (Fsp3) is 0.0833. The number of nitrogens with zero attached hydrogens (tertiary/aromatic N) is 1. The number of benzene rings is 1. The van der Waals surface area contributed by atoms with Crippen LogP contribution in [0, 0.1) is 6.92 Å². The van der Waals surface area contributed by atoms with Crippen LogP contribution in [-0.2, 0) is 0 Å². The maximum atomic E-state index is 4.31. The van der Waals surface area contributed by atoms with E-state index in [0.717, 1.165) is 10.6 Å². The summed E-state index contributed by atoms with van der Waals surface area (Å²) in [6.07, 6.45) is 3.70. The quantitative estimate of drug-likeness (QED) is 0.721. The molecule has 1 heterocycles. The van der Waals surface area contributed by atoms with E-state index in [0.29, 0.717) is 0 Å². The molecule has 1 nitrogen and oxygen atoms in total. The summed E-state index contributed by atoms with van der Waals surface area (Å²) in [5, 5.41) is 3.05. The van der Waals surface area contributed by atoms with E-state index < -0.39 is 0 Å². The molecule has 0 N–H and O–H groups in total. The third-order valence-electron chi connectivity index (χ3n) is 2.09. The minimum absolute atomic E-state index is 1.06. The molecule has 70 valence electrons. The Labute approximate surface area is 87.8 Å². The molecule has 0 unspecified atom stereocenters. The molecule has 0 fully saturated rings. The second-order valence-electron chi connectivity index (χ2n) is 3.13. The smallest absolute Gasteiger partial charge is 0.123 e. The SMILES string of the molecule is C=Cc1ccc(C)cc1-c1nccs1. The van der Waals surface area contributed by atoms with Gasteiger partial charge in [-0.3, -0.25) is 0 Å². The lowest BCUT2D eigenvalue weighted by Gasteiger charge is -2.03. The van der Waals surface area contributed by atoms with E-state index in [1.165, 1.54) is 11.1 Å². The Hall–Kier alpha value is -1.41. The van der Waals surface area contributed by atoms with Gasteiger partial charge >= 0.3 is 0 Å². The monoisotopic (exact) mass is 201 g/mol. The Morgan fingerprint density at radius 3 is 2.93 bits per heavy atom. The molecule has 0 bridgehead atoms. The zero-order valence-electron chi connectivity index (χ0n) is 8.03. The molecular weight excluding hydrogens is 190 g/mol. The first-order chi connectivity index (χ1) is 6.81. The zero-order valence-corrected chi connectivity index (χ0v) is 8.84. The lowest BCUT2D eigenvalue weighted by molar-refractivity contribution is 1.39. The maximum absolute atomic E-state index is 4.31. The van der Waals surface area contributed by atoms with E-state index in [1.54, 1.807) is 11.3 Å². The van der Waals surface area contributed by atoms with Gasteiger partial charge in [0.25, 0.3) is 0 Å². The van der Waals surface area contributed by atoms with Gasteiger partial charge in [0.05, 0.1) is 0 Å². The van der Waals surface area contributed by atoms with E-state index in [4.69, 9.17) is 0 Å². The fourth-order valence-corrected chi connectivity index (χ4v) is 2.07. The van der Waals surface area contributed by atoms with E-state index in [2.05, 4.69) is 36.7 Å². The van der Waals surface area contributed by atoms with Gasteiger partial charge in [0.2, 0.25) is 0 Å². The summed E-state index contributed by atoms with van der Waals surface area (Å²) >= 11 is 1.66. The Kier molecular flexibility index (Phi) is 2.46. The molecule has 0 aliphatic heterocycles. The van der Waals surface area contributed by atoms with E-state index in [-0.39, 0.29) is 0 Å². The van der Waals surface area contributed by atoms with Gasteiger partial charge in [0, 0.05) is 17.1 Å². The maximum Gasteiger partial charge on any atom is 0.123 e. The molecule has 1 aromatic carbocycles. The average Bonchev–Trinajstić information content (AvgIpc) is 2.70. The number of hydrogen-bond donors (Lipinski definition) is 0. The molecule has 0 aliphatic carbocycles. The highest BCUT2D eigenvalue weighted by Gasteiger charge is 2.04. The first-order valence-corrected chi connectivity index (χ1v) is 5.32. The van der Waals surface area contributed by atoms with Crippen molar-refractivity contribution in [1.82, 2.24) is 4.98 Å². The number of aryl methyl sites for hydroxylation is 1. The fourth-order valence-electron chi connectivity index (χ4n) is 1.39. The van der Waals surface area contributed by atoms with Crippen LogP contribution in [0.1, 0.15) is 11.1 Å². The molecule has 0 spiro atoms. The standard InChI is InChI=1S/C12H11NS/c1-3-10-5-4-9(2)8-11(10)12-13-6-7-14-12/h3-8H,1H2,2H3. The number of rotatable bonds is 2. The summed E-state index contributed by atoms with van der Waals surface area (Å²) in [5.41, 5.74) is 3.57. The molecule has 2 aromatic rings. The summed E-state index contributed by atoms with van der Waals surface area (Å²) in [6, 6.07) is 6.32. The molecule has 0 atom stereocenters. The molecule has 0 saturated heterocycles. The lowest BCUT2D eigenvalue weighted by atomic mass is 10.1. The Morgan fingerprint density at radius 2 is 2.29 bits per heavy atom. The molecule has 14 heavy (non-hydrogen) atoms. The van der Waals surface area contributed by atoms with Gasteiger partial charge in [-0.1, -0.05) is 30.4 Å². The van der Waals surface area contributed by atoms with Crippen LogP contribution in [0.15, 0.2) is 36.4 Å². The first kappa shape index (κ1) is 9.16. The van der Waals surface area contributed by atoms with Crippen LogP contribution in [0.5, 0.6) is 0 Å². The molecule has 2 rings (SSSR count). The largest absolute Gasteiger partial charge is 0.245 e. The van der Waals surface area contributed by atoms with Crippen LogP contribution in [-0.4, -0.2) is 4.98 Å². The Balaban J connectivity index is 2.61. The second kappa shape index (κ2) is 3.76. The van der Waals surface area contributed by atoms with E-state index >= 15 is 0 Å². The molecule has 0 saturated carbocycles. The normalized spacial score (nSPS) is 10.1. The second-order valence-corrected chi connectivity index (χ2v) is 4.03. The number of aromatic nitrogens is 1. The molecule has 1 aromatic heterocycles. The van der Waals surface area contributed by atoms with Crippen molar-refractivity contribution in [3.05, 3.63) is 47.5 Å². The first-order valence-electron chi connectivity index (χ1n) is 4.44. The van der Waals surface area contributed by atoms with Crippen molar-refractivity contribution in [1.29, 1.82) is 0 Å². The Bertz CT molecular complexity index is 443. The van der Waals surface area contributed by atoms with Crippen molar-refractivity contribution in [2.75, 3.05) is 0 Å². The van der Waals surface area contributed by atoms with Gasteiger partial charge in [0.1, 0.15) is 5.01 Å². The highest BCUT2D eigenvalue weighted by molar-refractivity contribution is 7.13. The average molecular weight is 201 g/mol. The predicted molar refractivity (Wildman–Crippen MR) is 62.4 cm³/mol. The topological polar surface area (TPSA) is 12.9 Å². The highest BCUT2D eigenvalue weighted by atomic mass is 32.1. The van der Waals surface area contributed by atoms with E-state index in [9.17, 15) is 0 Å². The molecule has 0 radical (unpaired) electrons. The summed E-state index contributed by atoms with van der Waals surface area (Å²) in [4.78, 5) is 4.31. The summed E-state index contributed by atoms with van der Waals surface area (Å²) in [6.45, 7) is 5.90. The molecule has 2 heteroatoms. The third kappa shape index (κ3) is 1.61. The van der Waals surface area contributed by atoms with Crippen LogP contribution in [0.2, 0.25) is 0 Å². The lowest BCUT2D eigenvalue weighted by Crippen LogP contribution is -1.83. The zero-order chi connectivity index (χ0) is 9.97. The highest BCUT2D eigenvalue weighted by Crippen LogP contribution is 2.27. The summed E-state index contributed by atoms with van der Waals surface area (Å²) in [5.74, 6) is 0. The van der Waals surface area contributed by atoms with Crippen molar-refractivity contribution >= 4 is 17.4 Å². The molecule has 0 aliphatic rings. The third-order valence-corrected chi connectivity index (χ3v) is 2.90. The molecular formula is C12H11NS. The van der Waals surface area contributed by atoms with Gasteiger partial charge in [0.15, 0.2) is 0 Å². The van der Waals surface area contributed by atoms with Gasteiger partial charge in [-0.2, -0.15) is 0 Å². The van der Waals surface area contributed by atoms with Crippen molar-refractivity contribution in [3.8, 4) is 10.6 Å². The number of hydrogen-bond acceptors (Lipinski definition) is 2. The minimum Gasteiger partial charge on any atom is -0.245 e. The van der Waals surface area contributed by atoms with E-state index in [1.807, 2.05) is 17.7 Å². The van der Waals surface area contributed by atoms with Gasteiger partial charge in [-0.25, -0.2) is 4.98 Å². The van der Waals surface area contributed by atoms with Crippen LogP contribution in [0.3, 0.4) is 0 Å². The minimum atomic E-state index is 1.06. The molecule has 0 amide bonds. The van der Waals surface area contributed by atoms with Gasteiger partial charge in [-0.05, 0) is 18.6 Å². The van der Waals surface area contributed by atoms with Crippen LogP contribution >= 0.6 is 11.3 Å². The predicted octanol–water partition coefficient (Wildman–Crippen LogP) is 3.76. The van der Waals surface area contributed by atoms with Crippen molar-refractivity contribution < 1.29 is 0 Å². The summed E-state index contributed by atoms with van der Waals surface area (Å²) in [7, 11) is 0. The van der Waals surface area contributed by atoms with Gasteiger partial charge in [-0.15, -0.1) is 11.3 Å². The van der Waals surface area contributed by atoms with Crippen molar-refractivity contribution in [3.63, 3.8) is 0 Å². The summed E-state index contributed by atoms with van der Waals surface area (Å²) < 4.78 is 0. The number of thiazole rings is 1. The van der Waals surface area contributed by atoms with Crippen molar-refractivity contribution in [2.45, 2.75) is 6.92 Å². The van der Waals surface area contributed by atoms with Crippen LogP contribution in [0.4, 0.5) is 0 Å².